The Hall–Kier alpha value is -3.40. The third-order valence-electron chi connectivity index (χ3n) is 15.8. The average Bonchev–Trinajstić information content (AvgIpc) is 0.802. The predicted molar refractivity (Wildman–Crippen MR) is 280 cm³/mol. The van der Waals surface area contributed by atoms with E-state index in [1.54, 1.807) is 0 Å². The van der Waals surface area contributed by atoms with Crippen LogP contribution in [-0.4, -0.2) is 387 Å². The maximum atomic E-state index is 12.7. The van der Waals surface area contributed by atoms with Gasteiger partial charge in [0.2, 0.25) is 23.6 Å². The number of hydrogen-bond acceptors (Lipinski definition) is 36. The van der Waals surface area contributed by atoms with Gasteiger partial charge in [-0.25, -0.2) is 0 Å². The SMILES string of the molecule is CC(=O)N[C@H]1[C@H](O[C@@H]([C@H](O)[C@H](CO)NC(C)=O)[C@H](O)CO)O[C@H](CO)[C@@H](O[C@@H]2O[C@H](CO[C@H]3O[C@H](CO)[C@@H](O)[C@H](O)[C@@H]3O[C@@H]3O[C@H](CO)[C@@H](O)[C@H](O)[C@H]3NC(C)=O)[C@@H](O)[C@H](O[C@H]3O[C@H](CO)[C@@H](O[C@@H]4O[C@H](CO)[C@@H](O)[C@H](O)[C@H]4NC(C)=O)[C@H](O)[C@@H]3O)[C@@H]2O)[C@@H]1O. The van der Waals surface area contributed by atoms with Crippen molar-refractivity contribution in [1.82, 2.24) is 21.3 Å². The summed E-state index contributed by atoms with van der Waals surface area (Å²) in [5.41, 5.74) is 0. The molecule has 6 saturated heterocycles. The zero-order valence-corrected chi connectivity index (χ0v) is 48.8. The van der Waals surface area contributed by atoms with Gasteiger partial charge in [-0.1, -0.05) is 0 Å². The normalized spacial score (nSPS) is 43.9. The number of rotatable bonds is 27. The van der Waals surface area contributed by atoms with E-state index < -0.39 is 285 Å². The maximum Gasteiger partial charge on any atom is 0.217 e. The second kappa shape index (κ2) is 33.8. The van der Waals surface area contributed by atoms with Crippen LogP contribution in [0.3, 0.4) is 0 Å². The molecule has 6 rings (SSSR count). The van der Waals surface area contributed by atoms with Gasteiger partial charge in [0.25, 0.3) is 0 Å². The Morgan fingerprint density at radius 1 is 0.378 bits per heavy atom. The van der Waals surface area contributed by atoms with E-state index in [9.17, 15) is 121 Å². The first kappa shape index (κ1) is 75.6. The summed E-state index contributed by atoms with van der Waals surface area (Å²) in [6, 6.07) is -6.77. The largest absolute Gasteiger partial charge is 0.394 e. The smallest absolute Gasteiger partial charge is 0.217 e. The summed E-state index contributed by atoms with van der Waals surface area (Å²) in [5.74, 6) is -3.28. The van der Waals surface area contributed by atoms with Crippen LogP contribution in [0.4, 0.5) is 0 Å². The Morgan fingerprint density at radius 3 is 1.21 bits per heavy atom. The van der Waals surface area contributed by atoms with Gasteiger partial charge >= 0.3 is 0 Å². The summed E-state index contributed by atoms with van der Waals surface area (Å²) in [4.78, 5) is 49.1. The van der Waals surface area contributed by atoms with Crippen molar-refractivity contribution < 1.29 is 178 Å². The molecule has 522 valence electrons. The Balaban J connectivity index is 1.34. The Kier molecular flexibility index (Phi) is 28.4. The molecule has 4 amide bonds. The van der Waals surface area contributed by atoms with Crippen LogP contribution in [0.5, 0.6) is 0 Å². The van der Waals surface area contributed by atoms with Crippen molar-refractivity contribution in [1.29, 1.82) is 0 Å². The average molecular weight is 1320 g/mol. The molecule has 6 fully saturated rings. The van der Waals surface area contributed by atoms with Gasteiger partial charge in [0, 0.05) is 27.7 Å². The van der Waals surface area contributed by atoms with Crippen LogP contribution in [0.2, 0.25) is 0 Å². The molecule has 0 aliphatic carbocycles. The lowest BCUT2D eigenvalue weighted by molar-refractivity contribution is -0.390. The highest BCUT2D eigenvalue weighted by Gasteiger charge is 2.58. The van der Waals surface area contributed by atoms with Crippen molar-refractivity contribution in [2.45, 2.75) is 236 Å². The predicted octanol–water partition coefficient (Wildman–Crippen LogP) is -16.1. The second-order valence-electron chi connectivity index (χ2n) is 22.3. The molecule has 6 aliphatic heterocycles. The minimum atomic E-state index is -2.43. The van der Waals surface area contributed by atoms with Gasteiger partial charge in [-0.3, -0.25) is 19.2 Å². The molecule has 34 atom stereocenters. The van der Waals surface area contributed by atoms with Crippen molar-refractivity contribution >= 4 is 23.6 Å². The van der Waals surface area contributed by atoms with E-state index in [4.69, 9.17) is 56.8 Å². The van der Waals surface area contributed by atoms with Crippen molar-refractivity contribution in [3.8, 4) is 0 Å². The molecule has 6 heterocycles. The van der Waals surface area contributed by atoms with E-state index in [1.807, 2.05) is 0 Å². The van der Waals surface area contributed by atoms with Crippen LogP contribution >= 0.6 is 0 Å². The summed E-state index contributed by atoms with van der Waals surface area (Å²) in [5, 5.41) is 228. The minimum Gasteiger partial charge on any atom is -0.394 e. The molecular weight excluding hydrogens is 1230 g/mol. The van der Waals surface area contributed by atoms with E-state index in [-0.39, 0.29) is 0 Å². The fraction of sp³-hybridized carbons (Fsp3) is 0.920. The van der Waals surface area contributed by atoms with E-state index in [2.05, 4.69) is 21.3 Å². The van der Waals surface area contributed by atoms with E-state index in [1.165, 1.54) is 0 Å². The fourth-order valence-corrected chi connectivity index (χ4v) is 11.1. The summed E-state index contributed by atoms with van der Waals surface area (Å²) in [7, 11) is 0. The summed E-state index contributed by atoms with van der Waals surface area (Å²) in [6.45, 7) is -4.32. The number of nitrogens with one attached hydrogen (secondary N) is 4. The van der Waals surface area contributed by atoms with Crippen LogP contribution in [0, 0.1) is 0 Å². The first-order valence-corrected chi connectivity index (χ1v) is 28.5. The molecule has 0 unspecified atom stereocenters. The molecule has 40 nitrogen and oxygen atoms in total. The van der Waals surface area contributed by atoms with Crippen LogP contribution < -0.4 is 21.3 Å². The highest BCUT2D eigenvalue weighted by atomic mass is 16.8. The number of ether oxygens (including phenoxy) is 12. The lowest BCUT2D eigenvalue weighted by atomic mass is 9.94. The zero-order chi connectivity index (χ0) is 66.9. The molecular formula is C50H86N4O36. The Morgan fingerprint density at radius 2 is 0.756 bits per heavy atom. The number of hydrogen-bond donors (Lipinski definition) is 24. The number of amides is 4. The summed E-state index contributed by atoms with van der Waals surface area (Å²) in [6.07, 6.45) is -60.6. The minimum absolute atomic E-state index is 0.772. The van der Waals surface area contributed by atoms with Crippen LogP contribution in [-0.2, 0) is 76.0 Å². The number of aliphatic hydroxyl groups excluding tert-OH is 20. The van der Waals surface area contributed by atoms with Crippen molar-refractivity contribution in [3.63, 3.8) is 0 Å². The van der Waals surface area contributed by atoms with Crippen molar-refractivity contribution in [2.24, 2.45) is 0 Å². The quantitative estimate of drug-likeness (QED) is 0.0363. The highest BCUT2D eigenvalue weighted by molar-refractivity contribution is 5.74. The summed E-state index contributed by atoms with van der Waals surface area (Å²) >= 11 is 0. The fourth-order valence-electron chi connectivity index (χ4n) is 11.1. The van der Waals surface area contributed by atoms with Crippen LogP contribution in [0.25, 0.3) is 0 Å². The Labute approximate surface area is 511 Å². The van der Waals surface area contributed by atoms with E-state index >= 15 is 0 Å². The highest BCUT2D eigenvalue weighted by Crippen LogP contribution is 2.37. The van der Waals surface area contributed by atoms with Gasteiger partial charge in [-0.15, -0.1) is 0 Å². The molecule has 0 spiro atoms. The van der Waals surface area contributed by atoms with Gasteiger partial charge < -0.3 is 180 Å². The standard InChI is InChI=1S/C50H86N4O36/c1-13(62)51-17(5-55)28(67)40(18(66)6-56)86-47-27(54-16(4)65)35(74)41(22(10-60)83-47)88-49-39(78)43(89-48-38(77)37(76)42(23(11-61)84-48)87-45-25(52-14(2)63)33(72)29(68)19(7-57)80-45)32(71)24(85-49)12-79-50-44(36(75)31(70)21(9-59)82-50)90-46-26(53-15(3)64)34(73)30(69)20(8-58)81-46/h17-50,55-61,66-78H,5-12H2,1-4H3,(H,51,62)(H,52,63)(H,53,64)(H,54,65)/t17-,18+,19+,20+,21+,22+,23+,24+,25+,26+,27+,28+,29+,30+,31+,32+,33+,34+,35+,36-,37+,38-,39-,40+,41+,42+,43-,44-,45-,46-,47-,48+,49-,50-/m0/s1. The topological polar surface area (TPSA) is 632 Å². The molecule has 40 heteroatoms. The third-order valence-corrected chi connectivity index (χ3v) is 15.8. The first-order chi connectivity index (χ1) is 42.5. The molecule has 0 saturated carbocycles. The maximum absolute atomic E-state index is 12.7. The number of carbonyl (C=O) groups is 4. The van der Waals surface area contributed by atoms with Gasteiger partial charge in [-0.2, -0.15) is 0 Å². The lowest BCUT2D eigenvalue weighted by Crippen LogP contribution is -2.70. The molecule has 0 radical (unpaired) electrons. The van der Waals surface area contributed by atoms with Gasteiger partial charge in [-0.05, 0) is 0 Å². The molecule has 24 N–H and O–H groups in total. The van der Waals surface area contributed by atoms with E-state index in [0.29, 0.717) is 0 Å². The van der Waals surface area contributed by atoms with Gasteiger partial charge in [0.05, 0.1) is 58.9 Å². The van der Waals surface area contributed by atoms with E-state index in [0.717, 1.165) is 27.7 Å². The monoisotopic (exact) mass is 1320 g/mol. The first-order valence-electron chi connectivity index (χ1n) is 28.5. The molecule has 0 bridgehead atoms. The third kappa shape index (κ3) is 17.5. The van der Waals surface area contributed by atoms with Gasteiger partial charge in [0.15, 0.2) is 37.7 Å². The zero-order valence-electron chi connectivity index (χ0n) is 48.8. The molecule has 6 aliphatic rings. The second-order valence-corrected chi connectivity index (χ2v) is 22.3. The lowest BCUT2D eigenvalue weighted by Gasteiger charge is -2.50. The van der Waals surface area contributed by atoms with Crippen LogP contribution in [0.15, 0.2) is 0 Å². The van der Waals surface area contributed by atoms with Crippen molar-refractivity contribution in [2.75, 3.05) is 52.9 Å². The molecule has 0 aromatic carbocycles. The molecule has 90 heavy (non-hydrogen) atoms. The van der Waals surface area contributed by atoms with Gasteiger partial charge in [0.1, 0.15) is 165 Å². The van der Waals surface area contributed by atoms with Crippen LogP contribution in [0.1, 0.15) is 27.7 Å². The Bertz CT molecular complexity index is 2260. The number of aliphatic hydroxyl groups is 20. The van der Waals surface area contributed by atoms with Crippen molar-refractivity contribution in [3.05, 3.63) is 0 Å². The molecule has 0 aromatic rings. The molecule has 0 aromatic heterocycles. The number of carbonyl (C=O) groups excluding carboxylic acids is 4. The summed E-state index contributed by atoms with van der Waals surface area (Å²) < 4.78 is 70.3.